The molecule has 0 aliphatic carbocycles. The zero-order valence-corrected chi connectivity index (χ0v) is 12.8. The Morgan fingerprint density at radius 1 is 1.33 bits per heavy atom. The van der Waals surface area contributed by atoms with E-state index in [0.717, 1.165) is 18.4 Å². The van der Waals surface area contributed by atoms with Crippen LogP contribution in [0.15, 0.2) is 18.2 Å². The standard InChI is InChI=1S/C16H25NO4/c1-3-5-14(16(18)19)21-15-11-13(20-10-4-2)7-6-12(15)8-9-17/h6-7,11,14H,3-5,8-10,17H2,1-2H3,(H,18,19). The van der Waals surface area contributed by atoms with Crippen LogP contribution in [0.1, 0.15) is 38.7 Å². The van der Waals surface area contributed by atoms with Crippen LogP contribution in [-0.4, -0.2) is 30.3 Å². The lowest BCUT2D eigenvalue weighted by Crippen LogP contribution is -2.27. The van der Waals surface area contributed by atoms with Gasteiger partial charge in [-0.2, -0.15) is 0 Å². The maximum absolute atomic E-state index is 11.2. The second-order valence-corrected chi connectivity index (χ2v) is 4.89. The van der Waals surface area contributed by atoms with Crippen LogP contribution in [0.3, 0.4) is 0 Å². The number of hydrogen-bond donors (Lipinski definition) is 2. The molecule has 118 valence electrons. The Balaban J connectivity index is 2.95. The summed E-state index contributed by atoms with van der Waals surface area (Å²) in [6.07, 6.45) is 1.93. The average Bonchev–Trinajstić information content (AvgIpc) is 2.47. The molecule has 0 spiro atoms. The number of carbonyl (C=O) groups is 1. The van der Waals surface area contributed by atoms with Gasteiger partial charge in [-0.1, -0.05) is 26.3 Å². The fourth-order valence-corrected chi connectivity index (χ4v) is 1.96. The van der Waals surface area contributed by atoms with Gasteiger partial charge in [0.2, 0.25) is 0 Å². The van der Waals surface area contributed by atoms with Crippen molar-refractivity contribution in [3.8, 4) is 11.5 Å². The Morgan fingerprint density at radius 3 is 2.67 bits per heavy atom. The lowest BCUT2D eigenvalue weighted by atomic mass is 10.1. The molecule has 1 unspecified atom stereocenters. The lowest BCUT2D eigenvalue weighted by Gasteiger charge is -2.18. The zero-order valence-electron chi connectivity index (χ0n) is 12.8. The molecule has 0 heterocycles. The number of benzene rings is 1. The number of aliphatic carboxylic acids is 1. The van der Waals surface area contributed by atoms with Crippen LogP contribution in [0.5, 0.6) is 11.5 Å². The molecule has 0 saturated carbocycles. The van der Waals surface area contributed by atoms with Crippen molar-refractivity contribution in [1.82, 2.24) is 0 Å². The third kappa shape index (κ3) is 5.63. The van der Waals surface area contributed by atoms with Crippen LogP contribution in [0.4, 0.5) is 0 Å². The normalized spacial score (nSPS) is 12.0. The van der Waals surface area contributed by atoms with E-state index in [0.29, 0.717) is 37.5 Å². The van der Waals surface area contributed by atoms with E-state index in [4.69, 9.17) is 15.2 Å². The molecular weight excluding hydrogens is 270 g/mol. The van der Waals surface area contributed by atoms with Crippen molar-refractivity contribution in [2.45, 2.75) is 45.6 Å². The van der Waals surface area contributed by atoms with Crippen molar-refractivity contribution in [2.24, 2.45) is 5.73 Å². The van der Waals surface area contributed by atoms with Gasteiger partial charge in [-0.25, -0.2) is 4.79 Å². The van der Waals surface area contributed by atoms with Gasteiger partial charge in [-0.15, -0.1) is 0 Å². The lowest BCUT2D eigenvalue weighted by molar-refractivity contribution is -0.145. The minimum absolute atomic E-state index is 0.470. The summed E-state index contributed by atoms with van der Waals surface area (Å²) in [6.45, 7) is 5.06. The fraction of sp³-hybridized carbons (Fsp3) is 0.562. The van der Waals surface area contributed by atoms with Crippen molar-refractivity contribution in [3.05, 3.63) is 23.8 Å². The van der Waals surface area contributed by atoms with Crippen molar-refractivity contribution in [3.63, 3.8) is 0 Å². The Morgan fingerprint density at radius 2 is 2.10 bits per heavy atom. The fourth-order valence-electron chi connectivity index (χ4n) is 1.96. The van der Waals surface area contributed by atoms with Gasteiger partial charge < -0.3 is 20.3 Å². The Labute approximate surface area is 126 Å². The predicted molar refractivity (Wildman–Crippen MR) is 81.9 cm³/mol. The van der Waals surface area contributed by atoms with Crippen molar-refractivity contribution in [2.75, 3.05) is 13.2 Å². The van der Waals surface area contributed by atoms with Crippen LogP contribution in [0.25, 0.3) is 0 Å². The third-order valence-electron chi connectivity index (χ3n) is 3.02. The van der Waals surface area contributed by atoms with Gasteiger partial charge >= 0.3 is 5.97 Å². The van der Waals surface area contributed by atoms with Gasteiger partial charge in [0.1, 0.15) is 11.5 Å². The Bertz CT molecular complexity index is 448. The second-order valence-electron chi connectivity index (χ2n) is 4.89. The zero-order chi connectivity index (χ0) is 15.7. The molecule has 0 fully saturated rings. The Hall–Kier alpha value is -1.75. The summed E-state index contributed by atoms with van der Waals surface area (Å²) in [5, 5.41) is 9.22. The van der Waals surface area contributed by atoms with Crippen LogP contribution in [0, 0.1) is 0 Å². The van der Waals surface area contributed by atoms with Crippen molar-refractivity contribution in [1.29, 1.82) is 0 Å². The number of carboxylic acids is 1. The molecular formula is C16H25NO4. The SMILES string of the molecule is CCCOc1ccc(CCN)c(OC(CCC)C(=O)O)c1. The predicted octanol–water partition coefficient (Wildman–Crippen LogP) is 2.61. The summed E-state index contributed by atoms with van der Waals surface area (Å²) >= 11 is 0. The van der Waals surface area contributed by atoms with Gasteiger partial charge in [0.25, 0.3) is 0 Å². The quantitative estimate of drug-likeness (QED) is 0.693. The summed E-state index contributed by atoms with van der Waals surface area (Å²) < 4.78 is 11.3. The number of rotatable bonds is 10. The van der Waals surface area contributed by atoms with E-state index in [1.165, 1.54) is 0 Å². The molecule has 3 N–H and O–H groups in total. The molecule has 21 heavy (non-hydrogen) atoms. The molecule has 0 amide bonds. The molecule has 5 heteroatoms. The van der Waals surface area contributed by atoms with Crippen LogP contribution >= 0.6 is 0 Å². The monoisotopic (exact) mass is 295 g/mol. The van der Waals surface area contributed by atoms with E-state index in [2.05, 4.69) is 0 Å². The molecule has 0 aromatic heterocycles. The number of nitrogens with two attached hydrogens (primary N) is 1. The van der Waals surface area contributed by atoms with E-state index < -0.39 is 12.1 Å². The summed E-state index contributed by atoms with van der Waals surface area (Å²) in [7, 11) is 0. The van der Waals surface area contributed by atoms with Gasteiger partial charge in [-0.3, -0.25) is 0 Å². The van der Waals surface area contributed by atoms with Crippen molar-refractivity contribution >= 4 is 5.97 Å². The number of carboxylic acid groups (broad SMARTS) is 1. The molecule has 1 aromatic rings. The first kappa shape index (κ1) is 17.3. The molecule has 1 rings (SSSR count). The minimum atomic E-state index is -0.949. The maximum atomic E-state index is 11.2. The second kappa shape index (κ2) is 9.23. The highest BCUT2D eigenvalue weighted by molar-refractivity contribution is 5.72. The highest BCUT2D eigenvalue weighted by atomic mass is 16.5. The Kier molecular flexibility index (Phi) is 7.61. The van der Waals surface area contributed by atoms with Gasteiger partial charge in [0, 0.05) is 6.07 Å². The summed E-state index contributed by atoms with van der Waals surface area (Å²) in [6, 6.07) is 5.51. The number of hydrogen-bond acceptors (Lipinski definition) is 4. The first-order valence-corrected chi connectivity index (χ1v) is 7.47. The summed E-state index contributed by atoms with van der Waals surface area (Å²) in [5.74, 6) is 0.290. The molecule has 1 aromatic carbocycles. The summed E-state index contributed by atoms with van der Waals surface area (Å²) in [5.41, 5.74) is 6.50. The molecule has 1 atom stereocenters. The van der Waals surface area contributed by atoms with Crippen LogP contribution in [0.2, 0.25) is 0 Å². The molecule has 0 saturated heterocycles. The minimum Gasteiger partial charge on any atom is -0.493 e. The topological polar surface area (TPSA) is 81.8 Å². The highest BCUT2D eigenvalue weighted by Crippen LogP contribution is 2.27. The smallest absolute Gasteiger partial charge is 0.344 e. The summed E-state index contributed by atoms with van der Waals surface area (Å²) in [4.78, 5) is 11.2. The van der Waals surface area contributed by atoms with Gasteiger partial charge in [0.05, 0.1) is 6.61 Å². The van der Waals surface area contributed by atoms with E-state index in [9.17, 15) is 9.90 Å². The first-order valence-electron chi connectivity index (χ1n) is 7.47. The van der Waals surface area contributed by atoms with Gasteiger partial charge in [-0.05, 0) is 37.4 Å². The van der Waals surface area contributed by atoms with Crippen molar-refractivity contribution < 1.29 is 19.4 Å². The molecule has 0 aliphatic heterocycles. The average molecular weight is 295 g/mol. The molecule has 0 aliphatic rings. The third-order valence-corrected chi connectivity index (χ3v) is 3.02. The first-order chi connectivity index (χ1) is 10.1. The number of ether oxygens (including phenoxy) is 2. The van der Waals surface area contributed by atoms with E-state index in [-0.39, 0.29) is 0 Å². The van der Waals surface area contributed by atoms with Crippen LogP contribution in [-0.2, 0) is 11.2 Å². The molecule has 0 bridgehead atoms. The van der Waals surface area contributed by atoms with E-state index >= 15 is 0 Å². The molecule has 0 radical (unpaired) electrons. The van der Waals surface area contributed by atoms with Crippen LogP contribution < -0.4 is 15.2 Å². The van der Waals surface area contributed by atoms with E-state index in [1.807, 2.05) is 26.0 Å². The van der Waals surface area contributed by atoms with E-state index in [1.54, 1.807) is 6.07 Å². The van der Waals surface area contributed by atoms with Gasteiger partial charge in [0.15, 0.2) is 6.10 Å². The molecule has 5 nitrogen and oxygen atoms in total. The largest absolute Gasteiger partial charge is 0.493 e. The highest BCUT2D eigenvalue weighted by Gasteiger charge is 2.20. The maximum Gasteiger partial charge on any atom is 0.344 e.